The Labute approximate surface area is 112 Å². The molecular weight excluding hydrogens is 250 g/mol. The molecule has 1 aliphatic heterocycles. The smallest absolute Gasteiger partial charge is 0.232 e. The van der Waals surface area contributed by atoms with Crippen molar-refractivity contribution in [1.29, 1.82) is 0 Å². The number of rotatable bonds is 4. The third-order valence-electron chi connectivity index (χ3n) is 3.47. The van der Waals surface area contributed by atoms with E-state index < -0.39 is 0 Å². The van der Waals surface area contributed by atoms with Crippen molar-refractivity contribution in [1.82, 2.24) is 10.3 Å². The van der Waals surface area contributed by atoms with Gasteiger partial charge >= 0.3 is 0 Å². The molecule has 2 N–H and O–H groups in total. The van der Waals surface area contributed by atoms with Crippen LogP contribution in [0.15, 0.2) is 18.5 Å². The van der Waals surface area contributed by atoms with Crippen LogP contribution < -0.4 is 10.6 Å². The Kier molecular flexibility index (Phi) is 4.19. The number of amides is 1. The number of carbonyl (C=O) groups is 1. The third-order valence-corrected chi connectivity index (χ3v) is 3.80. The maximum absolute atomic E-state index is 12.4. The van der Waals surface area contributed by atoms with Crippen LogP contribution in [0.25, 0.3) is 0 Å². The molecule has 0 aliphatic carbocycles. The highest BCUT2D eigenvalue weighted by atomic mass is 35.5. The molecule has 0 bridgehead atoms. The quantitative estimate of drug-likeness (QED) is 0.881. The van der Waals surface area contributed by atoms with Crippen molar-refractivity contribution in [3.8, 4) is 0 Å². The lowest BCUT2D eigenvalue weighted by atomic mass is 9.81. The van der Waals surface area contributed by atoms with Crippen LogP contribution in [0.4, 0.5) is 5.69 Å². The van der Waals surface area contributed by atoms with Crippen LogP contribution in [0, 0.1) is 5.41 Å². The SMILES string of the molecule is CCCC1(C(=O)Nc2cnccc2Cl)CCNC1. The summed E-state index contributed by atoms with van der Waals surface area (Å²) in [5.41, 5.74) is 0.292. The van der Waals surface area contributed by atoms with Crippen molar-refractivity contribution in [3.63, 3.8) is 0 Å². The number of aromatic nitrogens is 1. The molecular formula is C13H18ClN3O. The number of hydrogen-bond acceptors (Lipinski definition) is 3. The molecule has 1 aromatic rings. The van der Waals surface area contributed by atoms with E-state index in [1.165, 1.54) is 0 Å². The van der Waals surface area contributed by atoms with Gasteiger partial charge in [0.2, 0.25) is 5.91 Å². The van der Waals surface area contributed by atoms with Gasteiger partial charge in [-0.05, 0) is 25.5 Å². The van der Waals surface area contributed by atoms with Crippen molar-refractivity contribution >= 4 is 23.2 Å². The molecule has 0 spiro atoms. The number of nitrogens with zero attached hydrogens (tertiary/aromatic N) is 1. The summed E-state index contributed by atoms with van der Waals surface area (Å²) in [6.07, 6.45) is 5.96. The fourth-order valence-corrected chi connectivity index (χ4v) is 2.62. The van der Waals surface area contributed by atoms with Gasteiger partial charge in [0.05, 0.1) is 22.3 Å². The fraction of sp³-hybridized carbons (Fsp3) is 0.538. The van der Waals surface area contributed by atoms with Crippen molar-refractivity contribution in [3.05, 3.63) is 23.5 Å². The second kappa shape index (κ2) is 5.67. The minimum absolute atomic E-state index is 0.0456. The molecule has 1 atom stereocenters. The summed E-state index contributed by atoms with van der Waals surface area (Å²) in [5.74, 6) is 0.0456. The van der Waals surface area contributed by atoms with E-state index in [4.69, 9.17) is 11.6 Å². The van der Waals surface area contributed by atoms with Crippen LogP contribution in [0.1, 0.15) is 26.2 Å². The number of hydrogen-bond donors (Lipinski definition) is 2. The van der Waals surface area contributed by atoms with Crippen molar-refractivity contribution in [2.24, 2.45) is 5.41 Å². The van der Waals surface area contributed by atoms with E-state index in [1.807, 2.05) is 0 Å². The predicted molar refractivity (Wildman–Crippen MR) is 72.7 cm³/mol. The number of anilines is 1. The Morgan fingerprint density at radius 3 is 3.11 bits per heavy atom. The van der Waals surface area contributed by atoms with Gasteiger partial charge in [0, 0.05) is 12.7 Å². The summed E-state index contributed by atoms with van der Waals surface area (Å²) in [6, 6.07) is 1.68. The van der Waals surface area contributed by atoms with Gasteiger partial charge in [-0.2, -0.15) is 0 Å². The third kappa shape index (κ3) is 2.65. The summed E-state index contributed by atoms with van der Waals surface area (Å²) in [7, 11) is 0. The largest absolute Gasteiger partial charge is 0.323 e. The molecule has 5 heteroatoms. The van der Waals surface area contributed by atoms with Gasteiger partial charge in [-0.25, -0.2) is 0 Å². The average molecular weight is 268 g/mol. The summed E-state index contributed by atoms with van der Waals surface area (Å²) in [5, 5.41) is 6.70. The highest BCUT2D eigenvalue weighted by molar-refractivity contribution is 6.33. The topological polar surface area (TPSA) is 54.0 Å². The molecule has 2 rings (SSSR count). The first-order valence-corrected chi connectivity index (χ1v) is 6.67. The molecule has 1 fully saturated rings. The van der Waals surface area contributed by atoms with Crippen molar-refractivity contribution < 1.29 is 4.79 Å². The zero-order chi connectivity index (χ0) is 13.0. The van der Waals surface area contributed by atoms with Gasteiger partial charge in [-0.3, -0.25) is 9.78 Å². The Balaban J connectivity index is 2.13. The van der Waals surface area contributed by atoms with Crippen LogP contribution in [0.3, 0.4) is 0 Å². The number of nitrogens with one attached hydrogen (secondary N) is 2. The van der Waals surface area contributed by atoms with E-state index in [1.54, 1.807) is 18.5 Å². The molecule has 1 unspecified atom stereocenters. The van der Waals surface area contributed by atoms with Crippen LogP contribution in [-0.2, 0) is 4.79 Å². The molecule has 1 amide bonds. The average Bonchev–Trinajstić information content (AvgIpc) is 2.82. The Bertz CT molecular complexity index is 430. The van der Waals surface area contributed by atoms with Gasteiger partial charge in [0.1, 0.15) is 0 Å². The highest BCUT2D eigenvalue weighted by Crippen LogP contribution is 2.33. The second-order valence-corrected chi connectivity index (χ2v) is 5.17. The standard InChI is InChI=1S/C13H18ClN3O/c1-2-4-13(5-7-16-9-13)12(18)17-11-8-15-6-3-10(11)14/h3,6,8,16H,2,4-5,7,9H2,1H3,(H,17,18). The molecule has 18 heavy (non-hydrogen) atoms. The normalized spacial score (nSPS) is 23.0. The van der Waals surface area contributed by atoms with Gasteiger partial charge in [0.25, 0.3) is 0 Å². The molecule has 0 saturated carbocycles. The summed E-state index contributed by atoms with van der Waals surface area (Å²) in [6.45, 7) is 3.74. The van der Waals surface area contributed by atoms with Crippen molar-refractivity contribution in [2.45, 2.75) is 26.2 Å². The molecule has 98 valence electrons. The van der Waals surface area contributed by atoms with Gasteiger partial charge in [-0.15, -0.1) is 0 Å². The summed E-state index contributed by atoms with van der Waals surface area (Å²) in [4.78, 5) is 16.4. The summed E-state index contributed by atoms with van der Waals surface area (Å²) < 4.78 is 0. The molecule has 1 aliphatic rings. The molecule has 1 saturated heterocycles. The van der Waals surface area contributed by atoms with Crippen LogP contribution in [0.5, 0.6) is 0 Å². The number of pyridine rings is 1. The van der Waals surface area contributed by atoms with Crippen LogP contribution in [0.2, 0.25) is 5.02 Å². The first-order valence-electron chi connectivity index (χ1n) is 6.30. The second-order valence-electron chi connectivity index (χ2n) is 4.77. The Hall–Kier alpha value is -1.13. The zero-order valence-electron chi connectivity index (χ0n) is 10.5. The number of carbonyl (C=O) groups excluding carboxylic acids is 1. The van der Waals surface area contributed by atoms with Crippen LogP contribution in [-0.4, -0.2) is 24.0 Å². The molecule has 0 aromatic carbocycles. The van der Waals surface area contributed by atoms with E-state index >= 15 is 0 Å². The van der Waals surface area contributed by atoms with Gasteiger partial charge < -0.3 is 10.6 Å². The molecule has 2 heterocycles. The van der Waals surface area contributed by atoms with E-state index in [0.717, 1.165) is 32.4 Å². The minimum atomic E-state index is -0.298. The Morgan fingerprint density at radius 2 is 2.50 bits per heavy atom. The molecule has 1 aromatic heterocycles. The molecule has 4 nitrogen and oxygen atoms in total. The van der Waals surface area contributed by atoms with E-state index in [9.17, 15) is 4.79 Å². The van der Waals surface area contributed by atoms with E-state index in [0.29, 0.717) is 10.7 Å². The maximum Gasteiger partial charge on any atom is 0.232 e. The van der Waals surface area contributed by atoms with Gasteiger partial charge in [0.15, 0.2) is 0 Å². The fourth-order valence-electron chi connectivity index (χ4n) is 2.47. The lowest BCUT2D eigenvalue weighted by Crippen LogP contribution is -2.38. The van der Waals surface area contributed by atoms with E-state index in [-0.39, 0.29) is 11.3 Å². The Morgan fingerprint density at radius 1 is 1.67 bits per heavy atom. The first kappa shape index (κ1) is 13.3. The molecule has 0 radical (unpaired) electrons. The lowest BCUT2D eigenvalue weighted by molar-refractivity contribution is -0.125. The lowest BCUT2D eigenvalue weighted by Gasteiger charge is -2.26. The summed E-state index contributed by atoms with van der Waals surface area (Å²) >= 11 is 6.03. The van der Waals surface area contributed by atoms with E-state index in [2.05, 4.69) is 22.5 Å². The monoisotopic (exact) mass is 267 g/mol. The van der Waals surface area contributed by atoms with Gasteiger partial charge in [-0.1, -0.05) is 24.9 Å². The first-order chi connectivity index (χ1) is 8.68. The maximum atomic E-state index is 12.4. The highest BCUT2D eigenvalue weighted by Gasteiger charge is 2.40. The van der Waals surface area contributed by atoms with Crippen molar-refractivity contribution in [2.75, 3.05) is 18.4 Å². The minimum Gasteiger partial charge on any atom is -0.323 e. The predicted octanol–water partition coefficient (Wildman–Crippen LogP) is 2.45. The zero-order valence-corrected chi connectivity index (χ0v) is 11.3. The number of halogens is 1. The van der Waals surface area contributed by atoms with Crippen LogP contribution >= 0.6 is 11.6 Å².